The Labute approximate surface area is 137 Å². The Kier molecular flexibility index (Phi) is 5.01. The van der Waals surface area contributed by atoms with Gasteiger partial charge in [0.2, 0.25) is 0 Å². The SMILES string of the molecule is O=C(NF)N(C(=O)c1c(F)cccc1F)c1ccc(I)cc1. The average molecular weight is 420 g/mol. The first kappa shape index (κ1) is 16.3. The number of halogens is 4. The summed E-state index contributed by atoms with van der Waals surface area (Å²) in [4.78, 5) is 24.2. The molecule has 0 aliphatic heterocycles. The summed E-state index contributed by atoms with van der Waals surface area (Å²) >= 11 is 1.99. The van der Waals surface area contributed by atoms with Crippen LogP contribution in [0.5, 0.6) is 0 Å². The van der Waals surface area contributed by atoms with Crippen molar-refractivity contribution in [3.63, 3.8) is 0 Å². The van der Waals surface area contributed by atoms with Crippen molar-refractivity contribution in [3.05, 3.63) is 63.2 Å². The molecule has 0 heterocycles. The van der Waals surface area contributed by atoms with Gasteiger partial charge in [-0.25, -0.2) is 18.5 Å². The van der Waals surface area contributed by atoms with Crippen LogP contribution >= 0.6 is 22.6 Å². The standard InChI is InChI=1S/C14H8F3IN2O2/c15-10-2-1-3-11(16)12(10)13(21)20(14(22)19-17)9-6-4-8(18)5-7-9/h1-7H,(H,19,22). The number of urea groups is 1. The van der Waals surface area contributed by atoms with E-state index in [-0.39, 0.29) is 5.69 Å². The van der Waals surface area contributed by atoms with Crippen LogP contribution < -0.4 is 10.4 Å². The molecule has 0 spiro atoms. The Bertz CT molecular complexity index is 702. The van der Waals surface area contributed by atoms with Crippen LogP contribution in [0.4, 0.5) is 23.7 Å². The van der Waals surface area contributed by atoms with Crippen molar-refractivity contribution in [2.75, 3.05) is 4.90 Å². The van der Waals surface area contributed by atoms with Crippen LogP contribution in [0.1, 0.15) is 10.4 Å². The maximum Gasteiger partial charge on any atom is 0.357 e. The first-order valence-electron chi connectivity index (χ1n) is 5.90. The van der Waals surface area contributed by atoms with E-state index >= 15 is 0 Å². The highest BCUT2D eigenvalue weighted by Crippen LogP contribution is 2.22. The maximum atomic E-state index is 13.7. The third-order valence-electron chi connectivity index (χ3n) is 2.75. The molecule has 8 heteroatoms. The van der Waals surface area contributed by atoms with Gasteiger partial charge in [-0.05, 0) is 59.0 Å². The van der Waals surface area contributed by atoms with Crippen molar-refractivity contribution >= 4 is 40.2 Å². The van der Waals surface area contributed by atoms with Gasteiger partial charge in [0.25, 0.3) is 5.91 Å². The molecule has 0 aliphatic rings. The topological polar surface area (TPSA) is 49.4 Å². The van der Waals surface area contributed by atoms with Crippen molar-refractivity contribution in [1.82, 2.24) is 5.54 Å². The van der Waals surface area contributed by atoms with Crippen molar-refractivity contribution in [2.45, 2.75) is 0 Å². The largest absolute Gasteiger partial charge is 0.357 e. The number of carbonyl (C=O) groups is 2. The first-order valence-corrected chi connectivity index (χ1v) is 6.98. The lowest BCUT2D eigenvalue weighted by molar-refractivity contribution is 0.0982. The van der Waals surface area contributed by atoms with E-state index in [0.717, 1.165) is 27.3 Å². The minimum Gasteiger partial charge on any atom is -0.268 e. The highest BCUT2D eigenvalue weighted by molar-refractivity contribution is 14.1. The van der Waals surface area contributed by atoms with Gasteiger partial charge in [0, 0.05) is 3.57 Å². The summed E-state index contributed by atoms with van der Waals surface area (Å²) in [6, 6.07) is 7.19. The van der Waals surface area contributed by atoms with E-state index in [2.05, 4.69) is 0 Å². The van der Waals surface area contributed by atoms with Crippen molar-refractivity contribution < 1.29 is 22.9 Å². The highest BCUT2D eigenvalue weighted by Gasteiger charge is 2.29. The Morgan fingerprint density at radius 2 is 1.55 bits per heavy atom. The van der Waals surface area contributed by atoms with Gasteiger partial charge in [0.15, 0.2) is 0 Å². The molecule has 1 N–H and O–H groups in total. The van der Waals surface area contributed by atoms with Crippen molar-refractivity contribution in [1.29, 1.82) is 0 Å². The molecule has 0 fully saturated rings. The fourth-order valence-corrected chi connectivity index (χ4v) is 2.13. The molecule has 0 atom stereocenters. The molecule has 114 valence electrons. The lowest BCUT2D eigenvalue weighted by Crippen LogP contribution is -2.42. The number of imide groups is 1. The third-order valence-corrected chi connectivity index (χ3v) is 3.47. The minimum atomic E-state index is -1.45. The number of anilines is 1. The van der Waals surface area contributed by atoms with Gasteiger partial charge in [-0.2, -0.15) is 5.54 Å². The number of benzene rings is 2. The summed E-state index contributed by atoms with van der Waals surface area (Å²) in [7, 11) is 0. The van der Waals surface area contributed by atoms with E-state index < -0.39 is 29.1 Å². The summed E-state index contributed by atoms with van der Waals surface area (Å²) < 4.78 is 40.7. The van der Waals surface area contributed by atoms with Crippen LogP contribution in [0.15, 0.2) is 42.5 Å². The molecule has 0 radical (unpaired) electrons. The van der Waals surface area contributed by atoms with Gasteiger partial charge in [-0.15, -0.1) is 0 Å². The van der Waals surface area contributed by atoms with Gasteiger partial charge in [0.05, 0.1) is 5.69 Å². The summed E-state index contributed by atoms with van der Waals surface area (Å²) in [5.74, 6) is -3.61. The van der Waals surface area contributed by atoms with Crippen LogP contribution in [0.25, 0.3) is 0 Å². The normalized spacial score (nSPS) is 10.2. The number of carbonyl (C=O) groups excluding carboxylic acids is 2. The molecule has 0 saturated carbocycles. The predicted octanol–water partition coefficient (Wildman–Crippen LogP) is 3.81. The Hall–Kier alpha value is -2.10. The summed E-state index contributed by atoms with van der Waals surface area (Å²) in [5, 5.41) is 0. The monoisotopic (exact) mass is 420 g/mol. The summed E-state index contributed by atoms with van der Waals surface area (Å²) in [6.07, 6.45) is 0. The second-order valence-corrected chi connectivity index (χ2v) is 5.36. The molecule has 0 aromatic heterocycles. The van der Waals surface area contributed by atoms with Gasteiger partial charge in [-0.1, -0.05) is 10.5 Å². The predicted molar refractivity (Wildman–Crippen MR) is 82.0 cm³/mol. The second-order valence-electron chi connectivity index (χ2n) is 4.11. The van der Waals surface area contributed by atoms with Crippen LogP contribution in [0.3, 0.4) is 0 Å². The molecule has 3 amide bonds. The van der Waals surface area contributed by atoms with E-state index in [0.29, 0.717) is 4.90 Å². The number of amides is 3. The molecule has 0 saturated heterocycles. The minimum absolute atomic E-state index is 0.0248. The number of hydrogen-bond acceptors (Lipinski definition) is 2. The fourth-order valence-electron chi connectivity index (χ4n) is 1.77. The zero-order chi connectivity index (χ0) is 16.3. The fraction of sp³-hybridized carbons (Fsp3) is 0. The zero-order valence-electron chi connectivity index (χ0n) is 10.8. The Balaban J connectivity index is 2.52. The molecule has 4 nitrogen and oxygen atoms in total. The molecule has 0 unspecified atom stereocenters. The highest BCUT2D eigenvalue weighted by atomic mass is 127. The second kappa shape index (κ2) is 6.77. The number of rotatable bonds is 2. The molecule has 22 heavy (non-hydrogen) atoms. The third kappa shape index (κ3) is 3.21. The average Bonchev–Trinajstić information content (AvgIpc) is 2.49. The van der Waals surface area contributed by atoms with Crippen LogP contribution in [0, 0.1) is 15.2 Å². The summed E-state index contributed by atoms with van der Waals surface area (Å²) in [6.45, 7) is 0. The van der Waals surface area contributed by atoms with E-state index in [1.165, 1.54) is 12.1 Å². The van der Waals surface area contributed by atoms with Gasteiger partial charge in [-0.3, -0.25) is 4.79 Å². The Morgan fingerprint density at radius 1 is 1.00 bits per heavy atom. The van der Waals surface area contributed by atoms with E-state index in [9.17, 15) is 22.9 Å². The quantitative estimate of drug-likeness (QED) is 0.594. The lowest BCUT2D eigenvalue weighted by Gasteiger charge is -2.20. The zero-order valence-corrected chi connectivity index (χ0v) is 13.0. The lowest BCUT2D eigenvalue weighted by atomic mass is 10.1. The first-order chi connectivity index (χ1) is 10.5. The molecule has 2 aromatic rings. The summed E-state index contributed by atoms with van der Waals surface area (Å²) in [5.41, 5.74) is -0.178. The molecule has 2 rings (SSSR count). The molecular weight excluding hydrogens is 412 g/mol. The van der Waals surface area contributed by atoms with E-state index in [1.54, 1.807) is 12.1 Å². The number of hydrogen-bond donors (Lipinski definition) is 1. The van der Waals surface area contributed by atoms with Crippen molar-refractivity contribution in [2.24, 2.45) is 0 Å². The van der Waals surface area contributed by atoms with Crippen LogP contribution in [0.2, 0.25) is 0 Å². The van der Waals surface area contributed by atoms with Gasteiger partial charge < -0.3 is 0 Å². The van der Waals surface area contributed by atoms with E-state index in [4.69, 9.17) is 0 Å². The number of nitrogens with one attached hydrogen (secondary N) is 1. The molecule has 0 aliphatic carbocycles. The molecule has 2 aromatic carbocycles. The molecule has 0 bridgehead atoms. The van der Waals surface area contributed by atoms with Crippen LogP contribution in [-0.2, 0) is 0 Å². The van der Waals surface area contributed by atoms with Crippen LogP contribution in [-0.4, -0.2) is 11.9 Å². The van der Waals surface area contributed by atoms with Gasteiger partial charge >= 0.3 is 6.03 Å². The van der Waals surface area contributed by atoms with Gasteiger partial charge in [0.1, 0.15) is 17.2 Å². The Morgan fingerprint density at radius 3 is 2.05 bits per heavy atom. The van der Waals surface area contributed by atoms with E-state index in [1.807, 2.05) is 22.6 Å². The smallest absolute Gasteiger partial charge is 0.268 e. The number of nitrogens with zero attached hydrogens (tertiary/aromatic N) is 1. The van der Waals surface area contributed by atoms with Crippen molar-refractivity contribution in [3.8, 4) is 0 Å². The maximum absolute atomic E-state index is 13.7. The molecular formula is C14H8F3IN2O2.